The molecule has 0 aromatic rings. The van der Waals surface area contributed by atoms with Crippen molar-refractivity contribution in [2.24, 2.45) is 5.92 Å². The Morgan fingerprint density at radius 1 is 0.769 bits per heavy atom. The second-order valence-electron chi connectivity index (χ2n) is 6.36. The Morgan fingerprint density at radius 3 is 1.92 bits per heavy atom. The van der Waals surface area contributed by atoms with Crippen LogP contribution in [-0.2, 0) is 23.7 Å². The lowest BCUT2D eigenvalue weighted by Crippen LogP contribution is -2.20. The average Bonchev–Trinajstić information content (AvgIpc) is 2.65. The summed E-state index contributed by atoms with van der Waals surface area (Å²) in [6.07, 6.45) is 8.93. The van der Waals surface area contributed by atoms with Gasteiger partial charge in [-0.1, -0.05) is 62.1 Å². The summed E-state index contributed by atoms with van der Waals surface area (Å²) in [6.45, 7) is 8.03. The van der Waals surface area contributed by atoms with Gasteiger partial charge in [-0.05, 0) is 30.1 Å². The summed E-state index contributed by atoms with van der Waals surface area (Å²) in [7, 11) is 0. The molecule has 0 fully saturated rings. The van der Waals surface area contributed by atoms with Crippen molar-refractivity contribution < 1.29 is 23.7 Å². The van der Waals surface area contributed by atoms with Gasteiger partial charge >= 0.3 is 5.97 Å². The first kappa shape index (κ1) is 26.1. The van der Waals surface area contributed by atoms with E-state index in [1.54, 1.807) is 0 Å². The van der Waals surface area contributed by atoms with Crippen molar-refractivity contribution in [3.63, 3.8) is 0 Å². The lowest BCUT2D eigenvalue weighted by molar-refractivity contribution is -0.150. The first-order valence-electron chi connectivity index (χ1n) is 10.2. The molecule has 0 saturated heterocycles. The first-order valence-corrected chi connectivity index (χ1v) is 11.7. The zero-order valence-electron chi connectivity index (χ0n) is 16.8. The van der Waals surface area contributed by atoms with Crippen molar-refractivity contribution in [2.45, 2.75) is 65.2 Å². The van der Waals surface area contributed by atoms with E-state index in [4.69, 9.17) is 18.9 Å². The van der Waals surface area contributed by atoms with Gasteiger partial charge in [0.1, 0.15) is 6.61 Å². The molecule has 0 heterocycles. The van der Waals surface area contributed by atoms with Crippen LogP contribution in [0.4, 0.5) is 0 Å². The van der Waals surface area contributed by atoms with Crippen LogP contribution in [-0.4, -0.2) is 56.6 Å². The highest BCUT2D eigenvalue weighted by molar-refractivity contribution is 14.1. The Bertz CT molecular complexity index is 302. The van der Waals surface area contributed by atoms with E-state index in [9.17, 15) is 4.79 Å². The van der Waals surface area contributed by atoms with Crippen LogP contribution in [0.25, 0.3) is 0 Å². The molecule has 0 aromatic heterocycles. The molecule has 1 unspecified atom stereocenters. The quantitative estimate of drug-likeness (QED) is 0.107. The summed E-state index contributed by atoms with van der Waals surface area (Å²) in [4.78, 5) is 11.9. The molecular weight excluding hydrogens is 447 g/mol. The molecule has 0 saturated carbocycles. The van der Waals surface area contributed by atoms with Gasteiger partial charge in [0.05, 0.1) is 39.0 Å². The third-order valence-electron chi connectivity index (χ3n) is 4.12. The summed E-state index contributed by atoms with van der Waals surface area (Å²) in [6, 6.07) is 0. The largest absolute Gasteiger partial charge is 0.463 e. The molecule has 0 rings (SSSR count). The van der Waals surface area contributed by atoms with Gasteiger partial charge in [-0.3, -0.25) is 4.79 Å². The summed E-state index contributed by atoms with van der Waals surface area (Å²) in [5, 5.41) is 0. The maximum Gasteiger partial charge on any atom is 0.308 e. The van der Waals surface area contributed by atoms with Gasteiger partial charge in [-0.15, -0.1) is 0 Å². The number of halogens is 1. The highest BCUT2D eigenvalue weighted by atomic mass is 127. The number of carbonyl (C=O) groups excluding carboxylic acids is 1. The Balaban J connectivity index is 3.27. The number of unbranched alkanes of at least 4 members (excludes halogenated alkanes) is 4. The fraction of sp³-hybridized carbons (Fsp3) is 0.950. The lowest BCUT2D eigenvalue weighted by Gasteiger charge is -2.13. The number of carbonyl (C=O) groups is 1. The second-order valence-corrected chi connectivity index (χ2v) is 7.43. The molecule has 0 radical (unpaired) electrons. The van der Waals surface area contributed by atoms with Crippen LogP contribution in [0.15, 0.2) is 0 Å². The summed E-state index contributed by atoms with van der Waals surface area (Å²) in [5.74, 6) is -0.0585. The summed E-state index contributed by atoms with van der Waals surface area (Å²) < 4.78 is 22.9. The van der Waals surface area contributed by atoms with E-state index < -0.39 is 0 Å². The van der Waals surface area contributed by atoms with Crippen molar-refractivity contribution in [3.8, 4) is 0 Å². The summed E-state index contributed by atoms with van der Waals surface area (Å²) in [5.41, 5.74) is 0. The fourth-order valence-corrected chi connectivity index (χ4v) is 2.99. The van der Waals surface area contributed by atoms with Crippen LogP contribution in [0.3, 0.4) is 0 Å². The highest BCUT2D eigenvalue weighted by Crippen LogP contribution is 2.14. The minimum atomic E-state index is -0.0905. The number of ether oxygens (including phenoxy) is 4. The molecule has 1 atom stereocenters. The molecule has 0 aliphatic heterocycles. The predicted molar refractivity (Wildman–Crippen MR) is 114 cm³/mol. The van der Waals surface area contributed by atoms with Crippen LogP contribution < -0.4 is 0 Å². The molecule has 156 valence electrons. The molecule has 0 N–H and O–H groups in total. The molecular formula is C20H39IO5. The van der Waals surface area contributed by atoms with Gasteiger partial charge < -0.3 is 18.9 Å². The molecule has 5 nitrogen and oxygen atoms in total. The third-order valence-corrected chi connectivity index (χ3v) is 4.88. The molecule has 0 amide bonds. The van der Waals surface area contributed by atoms with Crippen LogP contribution in [0.1, 0.15) is 65.2 Å². The van der Waals surface area contributed by atoms with E-state index in [0.717, 1.165) is 38.7 Å². The number of alkyl halides is 1. The number of hydrogen-bond acceptors (Lipinski definition) is 5. The molecule has 0 bridgehead atoms. The SMILES string of the molecule is CCCCC(CC)C(=O)OCCOCCOCCOCCCCCCI. The zero-order chi connectivity index (χ0) is 19.3. The van der Waals surface area contributed by atoms with Crippen molar-refractivity contribution >= 4 is 28.6 Å². The van der Waals surface area contributed by atoms with Crippen molar-refractivity contribution in [3.05, 3.63) is 0 Å². The van der Waals surface area contributed by atoms with E-state index in [2.05, 4.69) is 29.5 Å². The fourth-order valence-electron chi connectivity index (χ4n) is 2.45. The first-order chi connectivity index (χ1) is 12.8. The molecule has 0 aliphatic rings. The summed E-state index contributed by atoms with van der Waals surface area (Å²) >= 11 is 2.42. The van der Waals surface area contributed by atoms with Crippen molar-refractivity contribution in [1.29, 1.82) is 0 Å². The van der Waals surface area contributed by atoms with Crippen LogP contribution >= 0.6 is 22.6 Å². The molecule has 0 spiro atoms. The average molecular weight is 486 g/mol. The molecule has 26 heavy (non-hydrogen) atoms. The van der Waals surface area contributed by atoms with Crippen molar-refractivity contribution in [1.82, 2.24) is 0 Å². The maximum absolute atomic E-state index is 11.9. The van der Waals surface area contributed by atoms with Gasteiger partial charge in [-0.25, -0.2) is 0 Å². The lowest BCUT2D eigenvalue weighted by atomic mass is 10.00. The van der Waals surface area contributed by atoms with Crippen LogP contribution in [0, 0.1) is 5.92 Å². The molecule has 0 aromatic carbocycles. The van der Waals surface area contributed by atoms with Crippen molar-refractivity contribution in [2.75, 3.05) is 50.7 Å². The Labute approximate surface area is 174 Å². The monoisotopic (exact) mass is 486 g/mol. The Hall–Kier alpha value is 0.0800. The number of hydrogen-bond donors (Lipinski definition) is 0. The zero-order valence-corrected chi connectivity index (χ0v) is 19.0. The van der Waals surface area contributed by atoms with Gasteiger partial charge in [0, 0.05) is 6.61 Å². The van der Waals surface area contributed by atoms with E-state index in [1.807, 2.05) is 6.92 Å². The minimum Gasteiger partial charge on any atom is -0.463 e. The van der Waals surface area contributed by atoms with E-state index in [0.29, 0.717) is 39.6 Å². The van der Waals surface area contributed by atoms with E-state index in [1.165, 1.54) is 23.7 Å². The number of rotatable bonds is 20. The van der Waals surface area contributed by atoms with Gasteiger partial charge in [0.15, 0.2) is 0 Å². The smallest absolute Gasteiger partial charge is 0.308 e. The van der Waals surface area contributed by atoms with Gasteiger partial charge in [0.2, 0.25) is 0 Å². The molecule has 0 aliphatic carbocycles. The third kappa shape index (κ3) is 17.5. The Kier molecular flexibility index (Phi) is 21.4. The maximum atomic E-state index is 11.9. The minimum absolute atomic E-state index is 0.0320. The predicted octanol–water partition coefficient (Wildman–Crippen LogP) is 4.79. The second kappa shape index (κ2) is 21.4. The standard InChI is InChI=1S/C20H39IO5/c1-3-5-10-19(4-2)20(22)26-18-17-25-16-15-24-14-13-23-12-9-7-6-8-11-21/h19H,3-18H2,1-2H3. The van der Waals surface area contributed by atoms with E-state index in [-0.39, 0.29) is 11.9 Å². The normalized spacial score (nSPS) is 12.3. The Morgan fingerprint density at radius 2 is 1.35 bits per heavy atom. The topological polar surface area (TPSA) is 54.0 Å². The number of esters is 1. The van der Waals surface area contributed by atoms with E-state index >= 15 is 0 Å². The van der Waals surface area contributed by atoms with Crippen LogP contribution in [0.2, 0.25) is 0 Å². The van der Waals surface area contributed by atoms with Gasteiger partial charge in [0.25, 0.3) is 0 Å². The van der Waals surface area contributed by atoms with Crippen LogP contribution in [0.5, 0.6) is 0 Å². The van der Waals surface area contributed by atoms with Gasteiger partial charge in [-0.2, -0.15) is 0 Å². The molecule has 6 heteroatoms. The highest BCUT2D eigenvalue weighted by Gasteiger charge is 2.16.